The largest absolute Gasteiger partial charge is 0.477 e. The van der Waals surface area contributed by atoms with Crippen molar-refractivity contribution in [3.05, 3.63) is 60.8 Å². The number of quaternary nitrogens is 1. The zero-order valence-corrected chi connectivity index (χ0v) is 44.3. The number of esters is 2. The molecule has 0 saturated carbocycles. The van der Waals surface area contributed by atoms with Crippen molar-refractivity contribution in [1.29, 1.82) is 0 Å². The van der Waals surface area contributed by atoms with E-state index in [1.165, 1.54) is 148 Å². The number of hydrogen-bond acceptors (Lipinski definition) is 6. The minimum atomic E-state index is -0.875. The first kappa shape index (κ1) is 64.0. The third kappa shape index (κ3) is 47.9. The fourth-order valence-corrected chi connectivity index (χ4v) is 8.14. The number of rotatable bonds is 50. The van der Waals surface area contributed by atoms with Crippen molar-refractivity contribution in [2.24, 2.45) is 0 Å². The van der Waals surface area contributed by atoms with Gasteiger partial charge in [-0.1, -0.05) is 209 Å². The molecule has 0 heterocycles. The second kappa shape index (κ2) is 49.5. The van der Waals surface area contributed by atoms with Crippen LogP contribution in [0.15, 0.2) is 60.8 Å². The number of likely N-dealkylation sites (N-methyl/N-ethyl adjacent to an activating group) is 1. The lowest BCUT2D eigenvalue weighted by Gasteiger charge is -2.31. The molecule has 0 fully saturated rings. The Bertz CT molecular complexity index is 1280. The van der Waals surface area contributed by atoms with Gasteiger partial charge >= 0.3 is 17.9 Å². The monoisotopic (exact) mass is 941 g/mol. The first-order valence-corrected chi connectivity index (χ1v) is 27.8. The summed E-state index contributed by atoms with van der Waals surface area (Å²) in [6.07, 6.45) is 62.7. The van der Waals surface area contributed by atoms with Gasteiger partial charge in [0.2, 0.25) is 0 Å². The summed E-state index contributed by atoms with van der Waals surface area (Å²) in [5, 5.41) is 9.67. The Balaban J connectivity index is 4.20. The minimum Gasteiger partial charge on any atom is -0.477 e. The van der Waals surface area contributed by atoms with Gasteiger partial charge in [-0.25, -0.2) is 4.79 Å². The Hall–Kier alpha value is -2.97. The lowest BCUT2D eigenvalue weighted by atomic mass is 10.0. The van der Waals surface area contributed by atoms with E-state index in [4.69, 9.17) is 14.2 Å². The second-order valence-corrected chi connectivity index (χ2v) is 19.8. The smallest absolute Gasteiger partial charge is 0.362 e. The zero-order chi connectivity index (χ0) is 49.2. The van der Waals surface area contributed by atoms with Crippen molar-refractivity contribution >= 4 is 17.9 Å². The van der Waals surface area contributed by atoms with Gasteiger partial charge in [0.15, 0.2) is 12.1 Å². The molecule has 8 nitrogen and oxygen atoms in total. The third-order valence-electron chi connectivity index (χ3n) is 12.4. The summed E-state index contributed by atoms with van der Waals surface area (Å²) in [6, 6.07) is -0.618. The highest BCUT2D eigenvalue weighted by Gasteiger charge is 2.31. The number of allylic oxidation sites excluding steroid dienone is 10. The first-order valence-electron chi connectivity index (χ1n) is 27.8. The quantitative estimate of drug-likeness (QED) is 0.0281. The molecular formula is C59H106NO7+. The summed E-state index contributed by atoms with van der Waals surface area (Å²) < 4.78 is 17.4. The number of carbonyl (C=O) groups excluding carboxylic acids is 2. The van der Waals surface area contributed by atoms with E-state index in [1.807, 2.05) is 21.1 Å². The van der Waals surface area contributed by atoms with Gasteiger partial charge in [0.1, 0.15) is 6.61 Å². The molecule has 0 aliphatic rings. The van der Waals surface area contributed by atoms with Crippen LogP contribution in [0.3, 0.4) is 0 Å². The standard InChI is InChI=1S/C59H105NO7/c1-6-8-10-12-14-16-18-20-22-24-26-28-29-30-32-34-36-38-40-42-44-46-48-50-58(62)67-55(53-65-52-51-56(59(63)64)60(3,4)5)54-66-57(61)49-47-45-43-41-39-37-35-33-31-27-25-23-21-19-17-15-13-11-9-7-2/h8,10,14,16,20,22,26-28,31,55-56H,6-7,9,11-13,15,17-19,21,23-25,29-30,32-54H2,1-5H3/p+1/b10-8+,16-14+,22-20+,28-26+,31-27+. The van der Waals surface area contributed by atoms with Gasteiger partial charge in [-0.05, 0) is 77.0 Å². The molecule has 0 spiro atoms. The highest BCUT2D eigenvalue weighted by molar-refractivity contribution is 5.72. The van der Waals surface area contributed by atoms with Crippen LogP contribution in [0.2, 0.25) is 0 Å². The van der Waals surface area contributed by atoms with Gasteiger partial charge in [0.25, 0.3) is 0 Å². The Morgan fingerprint density at radius 3 is 1.25 bits per heavy atom. The number of carbonyl (C=O) groups is 3. The molecule has 0 radical (unpaired) electrons. The molecule has 0 aromatic rings. The minimum absolute atomic E-state index is 0.0552. The molecular weight excluding hydrogens is 835 g/mol. The van der Waals surface area contributed by atoms with Gasteiger partial charge in [-0.3, -0.25) is 9.59 Å². The van der Waals surface area contributed by atoms with Crippen LogP contribution in [-0.2, 0) is 28.6 Å². The van der Waals surface area contributed by atoms with Gasteiger partial charge in [0.05, 0.1) is 34.4 Å². The summed E-state index contributed by atoms with van der Waals surface area (Å²) in [4.78, 5) is 37.3. The summed E-state index contributed by atoms with van der Waals surface area (Å²) >= 11 is 0. The first-order chi connectivity index (χ1) is 32.6. The average molecular weight is 941 g/mol. The van der Waals surface area contributed by atoms with Gasteiger partial charge in [-0.2, -0.15) is 0 Å². The van der Waals surface area contributed by atoms with Crippen LogP contribution in [0, 0.1) is 0 Å². The molecule has 0 saturated heterocycles. The molecule has 388 valence electrons. The number of hydrogen-bond donors (Lipinski definition) is 1. The SMILES string of the molecule is CC/C=C/C/C=C/C/C=C/C/C=C/CCCCCCCCCCCCC(=O)OC(COCCC(C(=O)O)[N+](C)(C)C)COC(=O)CCCCCCCCC/C=C/CCCCCCCCCCC. The Morgan fingerprint density at radius 1 is 0.463 bits per heavy atom. The highest BCUT2D eigenvalue weighted by atomic mass is 16.6. The maximum Gasteiger partial charge on any atom is 0.362 e. The molecule has 0 aliphatic carbocycles. The average Bonchev–Trinajstić information content (AvgIpc) is 3.29. The van der Waals surface area contributed by atoms with Crippen LogP contribution in [0.25, 0.3) is 0 Å². The van der Waals surface area contributed by atoms with E-state index in [0.29, 0.717) is 19.3 Å². The molecule has 0 amide bonds. The van der Waals surface area contributed by atoms with Crippen LogP contribution >= 0.6 is 0 Å². The van der Waals surface area contributed by atoms with Crippen molar-refractivity contribution in [3.63, 3.8) is 0 Å². The molecule has 2 unspecified atom stereocenters. The maximum absolute atomic E-state index is 12.8. The summed E-state index contributed by atoms with van der Waals surface area (Å²) in [5.74, 6) is -1.47. The van der Waals surface area contributed by atoms with Crippen LogP contribution in [0.5, 0.6) is 0 Å². The fraction of sp³-hybridized carbons (Fsp3) is 0.780. The molecule has 0 bridgehead atoms. The third-order valence-corrected chi connectivity index (χ3v) is 12.4. The van der Waals surface area contributed by atoms with Crippen LogP contribution < -0.4 is 0 Å². The van der Waals surface area contributed by atoms with Crippen molar-refractivity contribution < 1.29 is 38.2 Å². The lowest BCUT2D eigenvalue weighted by molar-refractivity contribution is -0.887. The fourth-order valence-electron chi connectivity index (χ4n) is 8.14. The van der Waals surface area contributed by atoms with Crippen LogP contribution in [0.4, 0.5) is 0 Å². The normalized spacial score (nSPS) is 13.3. The number of aliphatic carboxylic acids is 1. The molecule has 67 heavy (non-hydrogen) atoms. The number of carboxylic acid groups (broad SMARTS) is 1. The van der Waals surface area contributed by atoms with E-state index >= 15 is 0 Å². The second-order valence-electron chi connectivity index (χ2n) is 19.8. The van der Waals surface area contributed by atoms with E-state index in [9.17, 15) is 19.5 Å². The number of unbranched alkanes of at least 4 members (excludes halogenated alkanes) is 26. The van der Waals surface area contributed by atoms with E-state index < -0.39 is 18.1 Å². The predicted octanol–water partition coefficient (Wildman–Crippen LogP) is 16.5. The molecule has 8 heteroatoms. The van der Waals surface area contributed by atoms with E-state index in [2.05, 4.69) is 74.6 Å². The van der Waals surface area contributed by atoms with Gasteiger partial charge < -0.3 is 23.8 Å². The van der Waals surface area contributed by atoms with E-state index in [0.717, 1.165) is 64.2 Å². The van der Waals surface area contributed by atoms with Crippen molar-refractivity contribution in [3.8, 4) is 0 Å². The predicted molar refractivity (Wildman–Crippen MR) is 284 cm³/mol. The highest BCUT2D eigenvalue weighted by Crippen LogP contribution is 2.16. The Kier molecular flexibility index (Phi) is 47.3. The summed E-state index contributed by atoms with van der Waals surface area (Å²) in [7, 11) is 5.54. The van der Waals surface area contributed by atoms with Crippen molar-refractivity contribution in [2.75, 3.05) is 41.0 Å². The number of ether oxygens (including phenoxy) is 3. The molecule has 1 N–H and O–H groups in total. The molecule has 0 aliphatic heterocycles. The zero-order valence-electron chi connectivity index (χ0n) is 44.3. The van der Waals surface area contributed by atoms with Crippen LogP contribution in [0.1, 0.15) is 245 Å². The topological polar surface area (TPSA) is 99.1 Å². The number of carboxylic acids is 1. The van der Waals surface area contributed by atoms with Crippen molar-refractivity contribution in [1.82, 2.24) is 0 Å². The molecule has 0 rings (SSSR count). The van der Waals surface area contributed by atoms with E-state index in [-0.39, 0.29) is 36.2 Å². The summed E-state index contributed by atoms with van der Waals surface area (Å²) in [5.41, 5.74) is 0. The Morgan fingerprint density at radius 2 is 0.836 bits per heavy atom. The van der Waals surface area contributed by atoms with E-state index in [1.54, 1.807) is 0 Å². The van der Waals surface area contributed by atoms with Gasteiger partial charge in [0, 0.05) is 19.3 Å². The molecule has 0 aromatic heterocycles. The maximum atomic E-state index is 12.8. The molecule has 0 aromatic carbocycles. The van der Waals surface area contributed by atoms with Crippen molar-refractivity contribution in [2.45, 2.75) is 257 Å². The lowest BCUT2D eigenvalue weighted by Crippen LogP contribution is -2.50. The summed E-state index contributed by atoms with van der Waals surface area (Å²) in [6.45, 7) is 4.64. The number of nitrogens with zero attached hydrogens (tertiary/aromatic N) is 1. The van der Waals surface area contributed by atoms with Crippen LogP contribution in [-0.4, -0.2) is 80.6 Å². The Labute approximate surface area is 413 Å². The molecule has 2 atom stereocenters. The van der Waals surface area contributed by atoms with Gasteiger partial charge in [-0.15, -0.1) is 0 Å².